The fourth-order valence-corrected chi connectivity index (χ4v) is 4.35. The van der Waals surface area contributed by atoms with Crippen molar-refractivity contribution in [2.24, 2.45) is 17.1 Å². The predicted octanol–water partition coefficient (Wildman–Crippen LogP) is 3.23. The van der Waals surface area contributed by atoms with Crippen LogP contribution in [0.15, 0.2) is 11.6 Å². The summed E-state index contributed by atoms with van der Waals surface area (Å²) in [4.78, 5) is 4.37. The highest BCUT2D eigenvalue weighted by Crippen LogP contribution is 2.44. The first-order chi connectivity index (χ1) is 7.39. The van der Waals surface area contributed by atoms with Crippen LogP contribution in [0.3, 0.4) is 0 Å². The van der Waals surface area contributed by atoms with Crippen molar-refractivity contribution in [1.82, 2.24) is 4.98 Å². The molecule has 2 unspecified atom stereocenters. The van der Waals surface area contributed by atoms with Crippen LogP contribution in [-0.4, -0.2) is 10.5 Å². The van der Waals surface area contributed by atoms with Gasteiger partial charge in [0, 0.05) is 23.5 Å². The molecule has 2 rings (SSSR count). The zero-order valence-electron chi connectivity index (χ0n) is 10.5. The van der Waals surface area contributed by atoms with Crippen LogP contribution in [0.2, 0.25) is 0 Å². The first-order valence-corrected chi connectivity index (χ1v) is 6.94. The Morgan fingerprint density at radius 2 is 2.25 bits per heavy atom. The molecule has 1 aliphatic rings. The lowest BCUT2D eigenvalue weighted by atomic mass is 9.64. The molecule has 1 aromatic heterocycles. The zero-order chi connectivity index (χ0) is 11.8. The molecule has 0 aliphatic heterocycles. The maximum absolute atomic E-state index is 6.58. The summed E-state index contributed by atoms with van der Waals surface area (Å²) < 4.78 is 0. The zero-order valence-corrected chi connectivity index (χ0v) is 11.3. The number of hydrogen-bond acceptors (Lipinski definition) is 3. The number of thiazole rings is 1. The second-order valence-electron chi connectivity index (χ2n) is 6.32. The van der Waals surface area contributed by atoms with E-state index >= 15 is 0 Å². The molecule has 2 N–H and O–H groups in total. The lowest BCUT2D eigenvalue weighted by Gasteiger charge is -2.45. The van der Waals surface area contributed by atoms with Crippen molar-refractivity contribution < 1.29 is 0 Å². The molecule has 3 heteroatoms. The number of rotatable bonds is 2. The molecule has 1 saturated carbocycles. The monoisotopic (exact) mass is 238 g/mol. The highest BCUT2D eigenvalue weighted by atomic mass is 32.1. The van der Waals surface area contributed by atoms with Crippen molar-refractivity contribution in [1.29, 1.82) is 0 Å². The van der Waals surface area contributed by atoms with Crippen molar-refractivity contribution in [3.8, 4) is 0 Å². The van der Waals surface area contributed by atoms with Crippen LogP contribution in [-0.2, 0) is 6.42 Å². The molecule has 0 radical (unpaired) electrons. The molecule has 1 aliphatic carbocycles. The quantitative estimate of drug-likeness (QED) is 0.859. The largest absolute Gasteiger partial charge is 0.325 e. The molecule has 16 heavy (non-hydrogen) atoms. The standard InChI is InChI=1S/C13H22N2S/c1-10-6-12(2,3)9-13(14,7-10)8-11-15-4-5-16-11/h4-5,10H,6-9,14H2,1-3H3. The summed E-state index contributed by atoms with van der Waals surface area (Å²) in [5.74, 6) is 0.730. The van der Waals surface area contributed by atoms with Gasteiger partial charge in [-0.15, -0.1) is 11.3 Å². The summed E-state index contributed by atoms with van der Waals surface area (Å²) in [5, 5.41) is 3.23. The Hall–Kier alpha value is -0.410. The van der Waals surface area contributed by atoms with Gasteiger partial charge in [-0.3, -0.25) is 0 Å². The molecule has 0 spiro atoms. The highest BCUT2D eigenvalue weighted by Gasteiger charge is 2.40. The predicted molar refractivity (Wildman–Crippen MR) is 69.5 cm³/mol. The first kappa shape index (κ1) is 12.1. The first-order valence-electron chi connectivity index (χ1n) is 6.06. The van der Waals surface area contributed by atoms with E-state index in [0.29, 0.717) is 5.41 Å². The van der Waals surface area contributed by atoms with Gasteiger partial charge in [-0.05, 0) is 30.6 Å². The highest BCUT2D eigenvalue weighted by molar-refractivity contribution is 7.09. The van der Waals surface area contributed by atoms with Crippen LogP contribution in [0, 0.1) is 11.3 Å². The van der Waals surface area contributed by atoms with Crippen LogP contribution < -0.4 is 5.73 Å². The molecule has 1 heterocycles. The summed E-state index contributed by atoms with van der Waals surface area (Å²) in [6, 6.07) is 0. The van der Waals surface area contributed by atoms with E-state index in [-0.39, 0.29) is 5.54 Å². The van der Waals surface area contributed by atoms with Gasteiger partial charge in [-0.1, -0.05) is 20.8 Å². The smallest absolute Gasteiger partial charge is 0.0943 e. The molecule has 0 aromatic carbocycles. The third-order valence-electron chi connectivity index (χ3n) is 3.47. The minimum absolute atomic E-state index is 0.0426. The molecule has 0 saturated heterocycles. The molecular weight excluding hydrogens is 216 g/mol. The van der Waals surface area contributed by atoms with E-state index in [1.165, 1.54) is 11.4 Å². The van der Waals surface area contributed by atoms with Gasteiger partial charge in [0.15, 0.2) is 0 Å². The number of hydrogen-bond donors (Lipinski definition) is 1. The Morgan fingerprint density at radius 3 is 2.81 bits per heavy atom. The average molecular weight is 238 g/mol. The normalized spacial score (nSPS) is 33.9. The molecule has 0 bridgehead atoms. The summed E-state index contributed by atoms with van der Waals surface area (Å²) >= 11 is 1.73. The van der Waals surface area contributed by atoms with Gasteiger partial charge in [0.05, 0.1) is 5.01 Å². The molecular formula is C13H22N2S. The fourth-order valence-electron chi connectivity index (χ4n) is 3.58. The molecule has 1 aromatic rings. The van der Waals surface area contributed by atoms with E-state index < -0.39 is 0 Å². The van der Waals surface area contributed by atoms with Gasteiger partial charge in [0.1, 0.15) is 0 Å². The molecule has 90 valence electrons. The summed E-state index contributed by atoms with van der Waals surface area (Å²) in [6.45, 7) is 7.00. The van der Waals surface area contributed by atoms with E-state index in [9.17, 15) is 0 Å². The van der Waals surface area contributed by atoms with Gasteiger partial charge in [0.2, 0.25) is 0 Å². The van der Waals surface area contributed by atoms with Gasteiger partial charge in [0.25, 0.3) is 0 Å². The van der Waals surface area contributed by atoms with E-state index in [0.717, 1.165) is 25.2 Å². The minimum Gasteiger partial charge on any atom is -0.325 e. The molecule has 1 fully saturated rings. The Balaban J connectivity index is 2.11. The van der Waals surface area contributed by atoms with Crippen molar-refractivity contribution in [2.75, 3.05) is 0 Å². The van der Waals surface area contributed by atoms with Crippen LogP contribution in [0.25, 0.3) is 0 Å². The number of aromatic nitrogens is 1. The number of nitrogens with zero attached hydrogens (tertiary/aromatic N) is 1. The molecule has 2 atom stereocenters. The second-order valence-corrected chi connectivity index (χ2v) is 7.30. The lowest BCUT2D eigenvalue weighted by Crippen LogP contribution is -2.50. The van der Waals surface area contributed by atoms with Crippen molar-refractivity contribution >= 4 is 11.3 Å². The van der Waals surface area contributed by atoms with E-state index in [1.54, 1.807) is 11.3 Å². The molecule has 0 amide bonds. The SMILES string of the molecule is CC1CC(C)(C)CC(N)(Cc2nccs2)C1. The summed E-state index contributed by atoms with van der Waals surface area (Å²) in [7, 11) is 0. The van der Waals surface area contributed by atoms with Gasteiger partial charge < -0.3 is 5.73 Å². The van der Waals surface area contributed by atoms with Gasteiger partial charge >= 0.3 is 0 Å². The Morgan fingerprint density at radius 1 is 1.50 bits per heavy atom. The third kappa shape index (κ3) is 2.83. The average Bonchev–Trinajstić information content (AvgIpc) is 2.49. The third-order valence-corrected chi connectivity index (χ3v) is 4.25. The van der Waals surface area contributed by atoms with Crippen LogP contribution in [0.1, 0.15) is 45.0 Å². The van der Waals surface area contributed by atoms with Crippen LogP contribution in [0.5, 0.6) is 0 Å². The Bertz CT molecular complexity index is 345. The molecule has 2 nitrogen and oxygen atoms in total. The number of nitrogens with two attached hydrogens (primary N) is 1. The maximum Gasteiger partial charge on any atom is 0.0943 e. The van der Waals surface area contributed by atoms with Crippen molar-refractivity contribution in [3.63, 3.8) is 0 Å². The van der Waals surface area contributed by atoms with E-state index in [2.05, 4.69) is 25.8 Å². The Kier molecular flexibility index (Phi) is 3.10. The van der Waals surface area contributed by atoms with Crippen LogP contribution >= 0.6 is 11.3 Å². The maximum atomic E-state index is 6.58. The van der Waals surface area contributed by atoms with Gasteiger partial charge in [-0.25, -0.2) is 4.98 Å². The van der Waals surface area contributed by atoms with Crippen molar-refractivity contribution in [2.45, 2.75) is 52.0 Å². The minimum atomic E-state index is -0.0426. The Labute approximate surface area is 102 Å². The fraction of sp³-hybridized carbons (Fsp3) is 0.769. The summed E-state index contributed by atoms with van der Waals surface area (Å²) in [6.07, 6.45) is 6.36. The topological polar surface area (TPSA) is 38.9 Å². The van der Waals surface area contributed by atoms with E-state index in [1.807, 2.05) is 11.6 Å². The van der Waals surface area contributed by atoms with E-state index in [4.69, 9.17) is 5.73 Å². The van der Waals surface area contributed by atoms with Crippen LogP contribution in [0.4, 0.5) is 0 Å². The second kappa shape index (κ2) is 4.11. The summed E-state index contributed by atoms with van der Waals surface area (Å²) in [5.41, 5.74) is 6.92. The van der Waals surface area contributed by atoms with Gasteiger partial charge in [-0.2, -0.15) is 0 Å². The van der Waals surface area contributed by atoms with Crippen molar-refractivity contribution in [3.05, 3.63) is 16.6 Å². The lowest BCUT2D eigenvalue weighted by molar-refractivity contribution is 0.108.